The molecule has 0 bridgehead atoms. The fraction of sp³-hybridized carbons (Fsp3) is 0.346. The smallest absolute Gasteiger partial charge is 0.303 e. The van der Waals surface area contributed by atoms with Crippen LogP contribution in [0.1, 0.15) is 42.9 Å². The standard InChI is InChI=1S/C26H29NO8/c1-33-18-11-8-16(9-12-18)24(30)22-23(17-10-13-19(34-2)20(15-17)35-3)27(26(32)25(22)31)14-6-4-5-7-21(28)29/h8-13,15,23,30H,4-7,14H2,1-3H3,(H,28,29)/b24-22-/t23-/m0/s1. The molecule has 1 amide bonds. The number of aliphatic hydroxyl groups is 1. The summed E-state index contributed by atoms with van der Waals surface area (Å²) in [5, 5.41) is 20.0. The molecule has 1 heterocycles. The molecule has 9 nitrogen and oxygen atoms in total. The highest BCUT2D eigenvalue weighted by Gasteiger charge is 2.46. The Morgan fingerprint density at radius 3 is 2.17 bits per heavy atom. The number of carboxylic acid groups (broad SMARTS) is 1. The molecule has 1 atom stereocenters. The molecule has 1 saturated heterocycles. The number of methoxy groups -OCH3 is 3. The molecule has 3 rings (SSSR count). The van der Waals surface area contributed by atoms with Crippen LogP contribution in [0.25, 0.3) is 5.76 Å². The number of rotatable bonds is 11. The zero-order valence-corrected chi connectivity index (χ0v) is 19.9. The fourth-order valence-corrected chi connectivity index (χ4v) is 4.12. The third kappa shape index (κ3) is 5.56. The quantitative estimate of drug-likeness (QED) is 0.214. The Kier molecular flexibility index (Phi) is 8.35. The van der Waals surface area contributed by atoms with Gasteiger partial charge >= 0.3 is 5.97 Å². The topological polar surface area (TPSA) is 123 Å². The average Bonchev–Trinajstić information content (AvgIpc) is 3.12. The molecule has 1 aliphatic rings. The van der Waals surface area contributed by atoms with Gasteiger partial charge in [0.2, 0.25) is 0 Å². The second kappa shape index (κ2) is 11.4. The number of hydrogen-bond acceptors (Lipinski definition) is 7. The molecule has 0 aliphatic carbocycles. The highest BCUT2D eigenvalue weighted by Crippen LogP contribution is 2.42. The van der Waals surface area contributed by atoms with Crippen LogP contribution in [0.3, 0.4) is 0 Å². The van der Waals surface area contributed by atoms with Gasteiger partial charge in [-0.1, -0.05) is 12.5 Å². The maximum atomic E-state index is 13.1. The fourth-order valence-electron chi connectivity index (χ4n) is 4.12. The van der Waals surface area contributed by atoms with Gasteiger partial charge in [0.05, 0.1) is 32.9 Å². The lowest BCUT2D eigenvalue weighted by Crippen LogP contribution is -2.30. The third-order valence-electron chi connectivity index (χ3n) is 5.92. The number of aliphatic carboxylic acids is 1. The van der Waals surface area contributed by atoms with Crippen molar-refractivity contribution in [1.82, 2.24) is 4.90 Å². The number of Topliss-reactive ketones (excluding diaryl/α,β-unsaturated/α-hetero) is 1. The van der Waals surface area contributed by atoms with E-state index < -0.39 is 23.7 Å². The first-order valence-corrected chi connectivity index (χ1v) is 11.2. The Morgan fingerprint density at radius 2 is 1.57 bits per heavy atom. The molecular weight excluding hydrogens is 454 g/mol. The Labute approximate surface area is 203 Å². The number of amides is 1. The molecule has 0 unspecified atom stereocenters. The van der Waals surface area contributed by atoms with Gasteiger partial charge in [0.15, 0.2) is 11.5 Å². The number of hydrogen-bond donors (Lipinski definition) is 2. The molecule has 0 radical (unpaired) electrons. The Balaban J connectivity index is 2.04. The van der Waals surface area contributed by atoms with Crippen molar-refractivity contribution in [3.05, 3.63) is 59.2 Å². The van der Waals surface area contributed by atoms with Gasteiger partial charge in [-0.05, 0) is 54.8 Å². The summed E-state index contributed by atoms with van der Waals surface area (Å²) in [5.74, 6) is -1.20. The number of carbonyl (C=O) groups is 3. The normalized spacial score (nSPS) is 16.9. The minimum Gasteiger partial charge on any atom is -0.507 e. The van der Waals surface area contributed by atoms with Crippen molar-refractivity contribution in [1.29, 1.82) is 0 Å². The van der Waals surface area contributed by atoms with Crippen LogP contribution in [0.4, 0.5) is 0 Å². The molecule has 0 aromatic heterocycles. The first-order valence-electron chi connectivity index (χ1n) is 11.2. The number of likely N-dealkylation sites (tertiary alicyclic amines) is 1. The maximum Gasteiger partial charge on any atom is 0.303 e. The summed E-state index contributed by atoms with van der Waals surface area (Å²) in [6, 6.07) is 10.7. The molecule has 2 N–H and O–H groups in total. The number of carbonyl (C=O) groups excluding carboxylic acids is 2. The molecule has 2 aromatic rings. The minimum absolute atomic E-state index is 0.0297. The second-order valence-corrected chi connectivity index (χ2v) is 8.04. The van der Waals surface area contributed by atoms with E-state index in [0.29, 0.717) is 47.6 Å². The number of unbranched alkanes of at least 4 members (excludes halogenated alkanes) is 2. The predicted molar refractivity (Wildman–Crippen MR) is 128 cm³/mol. The number of ketones is 1. The first-order chi connectivity index (χ1) is 16.8. The van der Waals surface area contributed by atoms with Gasteiger partial charge in [-0.3, -0.25) is 14.4 Å². The zero-order chi connectivity index (χ0) is 25.5. The van der Waals surface area contributed by atoms with E-state index in [4.69, 9.17) is 19.3 Å². The zero-order valence-electron chi connectivity index (χ0n) is 19.9. The van der Waals surface area contributed by atoms with Gasteiger partial charge in [0, 0.05) is 18.5 Å². The van der Waals surface area contributed by atoms with Crippen molar-refractivity contribution in [2.45, 2.75) is 31.7 Å². The second-order valence-electron chi connectivity index (χ2n) is 8.04. The molecule has 1 aliphatic heterocycles. The van der Waals surface area contributed by atoms with E-state index in [2.05, 4.69) is 0 Å². The van der Waals surface area contributed by atoms with Crippen LogP contribution in [-0.2, 0) is 14.4 Å². The largest absolute Gasteiger partial charge is 0.507 e. The Bertz CT molecular complexity index is 1120. The minimum atomic E-state index is -0.879. The highest BCUT2D eigenvalue weighted by molar-refractivity contribution is 6.46. The number of carboxylic acids is 1. The highest BCUT2D eigenvalue weighted by atomic mass is 16.5. The number of ether oxygens (including phenoxy) is 3. The number of benzene rings is 2. The van der Waals surface area contributed by atoms with Gasteiger partial charge in [-0.25, -0.2) is 0 Å². The van der Waals surface area contributed by atoms with Crippen molar-refractivity contribution in [2.24, 2.45) is 0 Å². The predicted octanol–water partition coefficient (Wildman–Crippen LogP) is 3.78. The summed E-state index contributed by atoms with van der Waals surface area (Å²) in [4.78, 5) is 38.4. The van der Waals surface area contributed by atoms with Crippen LogP contribution < -0.4 is 14.2 Å². The summed E-state index contributed by atoms with van der Waals surface area (Å²) < 4.78 is 15.9. The van der Waals surface area contributed by atoms with Gasteiger partial charge < -0.3 is 29.3 Å². The van der Waals surface area contributed by atoms with Gasteiger partial charge in [0.25, 0.3) is 11.7 Å². The summed E-state index contributed by atoms with van der Waals surface area (Å²) in [6.07, 6.45) is 1.58. The van der Waals surface area contributed by atoms with Crippen molar-refractivity contribution in [2.75, 3.05) is 27.9 Å². The van der Waals surface area contributed by atoms with Crippen molar-refractivity contribution in [3.8, 4) is 17.2 Å². The van der Waals surface area contributed by atoms with E-state index in [1.807, 2.05) is 0 Å². The molecule has 1 fully saturated rings. The summed E-state index contributed by atoms with van der Waals surface area (Å²) in [6.45, 7) is 0.225. The van der Waals surface area contributed by atoms with E-state index in [9.17, 15) is 19.5 Å². The molecular formula is C26H29NO8. The summed E-state index contributed by atoms with van der Waals surface area (Å²) >= 11 is 0. The van der Waals surface area contributed by atoms with Gasteiger partial charge in [-0.2, -0.15) is 0 Å². The lowest BCUT2D eigenvalue weighted by molar-refractivity contribution is -0.140. The molecule has 186 valence electrons. The lowest BCUT2D eigenvalue weighted by atomic mass is 9.95. The summed E-state index contributed by atoms with van der Waals surface area (Å²) in [5.41, 5.74) is 0.913. The molecule has 35 heavy (non-hydrogen) atoms. The Hall–Kier alpha value is -4.01. The first kappa shape index (κ1) is 25.6. The monoisotopic (exact) mass is 483 g/mol. The van der Waals surface area contributed by atoms with E-state index in [1.165, 1.54) is 26.2 Å². The van der Waals surface area contributed by atoms with Crippen LogP contribution in [0.2, 0.25) is 0 Å². The van der Waals surface area contributed by atoms with Crippen LogP contribution >= 0.6 is 0 Å². The number of nitrogens with zero attached hydrogens (tertiary/aromatic N) is 1. The molecule has 0 saturated carbocycles. The van der Waals surface area contributed by atoms with Crippen molar-refractivity contribution >= 4 is 23.4 Å². The van der Waals surface area contributed by atoms with E-state index in [1.54, 1.807) is 42.5 Å². The van der Waals surface area contributed by atoms with Crippen LogP contribution in [0.15, 0.2) is 48.0 Å². The van der Waals surface area contributed by atoms with Crippen molar-refractivity contribution < 1.29 is 38.8 Å². The van der Waals surface area contributed by atoms with E-state index >= 15 is 0 Å². The summed E-state index contributed by atoms with van der Waals surface area (Å²) in [7, 11) is 4.51. The van der Waals surface area contributed by atoms with Crippen LogP contribution in [0, 0.1) is 0 Å². The van der Waals surface area contributed by atoms with Crippen molar-refractivity contribution in [3.63, 3.8) is 0 Å². The maximum absolute atomic E-state index is 13.1. The Morgan fingerprint density at radius 1 is 0.886 bits per heavy atom. The van der Waals surface area contributed by atoms with E-state index in [-0.39, 0.29) is 24.3 Å². The SMILES string of the molecule is COc1ccc(/C(O)=C2/C(=O)C(=O)N(CCCCCC(=O)O)[C@H]2c2ccc(OC)c(OC)c2)cc1. The molecule has 2 aromatic carbocycles. The van der Waals surface area contributed by atoms with Gasteiger partial charge in [-0.15, -0.1) is 0 Å². The lowest BCUT2D eigenvalue weighted by Gasteiger charge is -2.26. The molecule has 0 spiro atoms. The van der Waals surface area contributed by atoms with Crippen LogP contribution in [-0.4, -0.2) is 60.6 Å². The van der Waals surface area contributed by atoms with Gasteiger partial charge in [0.1, 0.15) is 11.5 Å². The third-order valence-corrected chi connectivity index (χ3v) is 5.92. The van der Waals surface area contributed by atoms with Crippen LogP contribution in [0.5, 0.6) is 17.2 Å². The number of aliphatic hydroxyl groups excluding tert-OH is 1. The van der Waals surface area contributed by atoms with E-state index in [0.717, 1.165) is 0 Å². The molecule has 9 heteroatoms. The average molecular weight is 484 g/mol.